The molecule has 27 heavy (non-hydrogen) atoms. The minimum absolute atomic E-state index is 0.382. The van der Waals surface area contributed by atoms with Crippen molar-refractivity contribution in [1.82, 2.24) is 0 Å². The Morgan fingerprint density at radius 2 is 0.778 bits per heavy atom. The fourth-order valence-corrected chi connectivity index (χ4v) is 3.13. The molecule has 0 aliphatic rings. The minimum atomic E-state index is 0.382. The Balaban J connectivity index is 0.000000350. The molecule has 3 rings (SSSR count). The van der Waals surface area contributed by atoms with Crippen LogP contribution in [-0.2, 0) is 12.9 Å². The molecule has 0 radical (unpaired) electrons. The van der Waals surface area contributed by atoms with Crippen LogP contribution < -0.4 is 15.9 Å². The summed E-state index contributed by atoms with van der Waals surface area (Å²) < 4.78 is 0. The van der Waals surface area contributed by atoms with E-state index in [0.717, 1.165) is 0 Å². The van der Waals surface area contributed by atoms with Crippen LogP contribution in [0.2, 0.25) is 0 Å². The summed E-state index contributed by atoms with van der Waals surface area (Å²) in [4.78, 5) is 0. The second-order valence-corrected chi connectivity index (χ2v) is 9.51. The average molecular weight is 502 g/mol. The van der Waals surface area contributed by atoms with E-state index in [0.29, 0.717) is 12.9 Å². The molecule has 0 saturated carbocycles. The van der Waals surface area contributed by atoms with Crippen LogP contribution in [-0.4, -0.2) is 0 Å². The molecule has 0 fully saturated rings. The fourth-order valence-electron chi connectivity index (χ4n) is 2.01. The van der Waals surface area contributed by atoms with Crippen molar-refractivity contribution in [2.75, 3.05) is 0 Å². The van der Waals surface area contributed by atoms with Crippen LogP contribution in [0, 0.1) is 20.8 Å². The van der Waals surface area contributed by atoms with Crippen molar-refractivity contribution in [2.24, 2.45) is 0 Å². The maximum absolute atomic E-state index is 4.73. The summed E-state index contributed by atoms with van der Waals surface area (Å²) in [6.45, 7) is 6.27. The summed E-state index contributed by atoms with van der Waals surface area (Å²) in [5.74, 6) is 0. The van der Waals surface area contributed by atoms with Gasteiger partial charge in [-0.05, 0) is 36.7 Å². The summed E-state index contributed by atoms with van der Waals surface area (Å²) in [6.07, 6.45) is 0. The number of hydrogen-bond donors (Lipinski definition) is 0. The van der Waals surface area contributed by atoms with E-state index in [1.54, 1.807) is 0 Å². The Bertz CT molecular complexity index is 627. The molecule has 0 bridgehead atoms. The van der Waals surface area contributed by atoms with Gasteiger partial charge < -0.3 is 0 Å². The van der Waals surface area contributed by atoms with Crippen LogP contribution in [0.15, 0.2) is 72.8 Å². The Kier molecular flexibility index (Phi) is 17.0. The van der Waals surface area contributed by atoms with Crippen molar-refractivity contribution in [1.29, 1.82) is 0 Å². The third kappa shape index (κ3) is 16.7. The molecule has 3 unspecified atom stereocenters. The molecule has 0 aliphatic carbocycles. The van der Waals surface area contributed by atoms with E-state index in [9.17, 15) is 0 Å². The molecule has 0 N–H and O–H groups in total. The van der Waals surface area contributed by atoms with Crippen LogP contribution >= 0.6 is 48.0 Å². The zero-order chi connectivity index (χ0) is 20.7. The average Bonchev–Trinajstić information content (AvgIpc) is 2.56. The van der Waals surface area contributed by atoms with E-state index in [1.165, 1.54) is 32.6 Å². The van der Waals surface area contributed by atoms with Crippen molar-refractivity contribution >= 4 is 63.9 Å². The van der Waals surface area contributed by atoms with E-state index < -0.39 is 0 Å². The molecule has 0 nitrogen and oxygen atoms in total. The van der Waals surface area contributed by atoms with Crippen LogP contribution in [0.5, 0.6) is 0 Å². The number of hydrogen-bond acceptors (Lipinski definition) is 0. The Labute approximate surface area is 186 Å². The van der Waals surface area contributed by atoms with Gasteiger partial charge in [0.15, 0.2) is 0 Å². The maximum atomic E-state index is 4.73. The van der Waals surface area contributed by atoms with Gasteiger partial charge in [0.25, 0.3) is 0 Å². The van der Waals surface area contributed by atoms with E-state index in [1.807, 2.05) is 0 Å². The van der Waals surface area contributed by atoms with Crippen molar-refractivity contribution in [3.05, 3.63) is 89.5 Å². The first-order valence-corrected chi connectivity index (χ1v) is 12.7. The summed E-state index contributed by atoms with van der Waals surface area (Å²) in [5, 5.41) is 3.76. The van der Waals surface area contributed by atoms with E-state index in [-0.39, 0.29) is 0 Å². The fraction of sp³-hybridized carbons (Fsp3) is 0.143. The first-order chi connectivity index (χ1) is 12.8. The molecular formula is C21H27Cl2CoP3. The van der Waals surface area contributed by atoms with E-state index >= 15 is 0 Å². The SMILES string of the molecule is Cc1cccc(P)c1.Cc1cccc(P)c1.Cc1cccc(P)c1.[Cl][Co][Cl]. The van der Waals surface area contributed by atoms with Gasteiger partial charge in [0, 0.05) is 0 Å². The molecule has 0 heterocycles. The summed E-state index contributed by atoms with van der Waals surface area (Å²) >= 11 is 0.382. The molecule has 0 aromatic heterocycles. The third-order valence-electron chi connectivity index (χ3n) is 3.13. The summed E-state index contributed by atoms with van der Waals surface area (Å²) in [6, 6.07) is 25.0. The predicted molar refractivity (Wildman–Crippen MR) is 133 cm³/mol. The molecule has 3 aromatic rings. The van der Waals surface area contributed by atoms with Gasteiger partial charge in [0.2, 0.25) is 0 Å². The normalized spacial score (nSPS) is 9.04. The van der Waals surface area contributed by atoms with Crippen molar-refractivity contribution < 1.29 is 12.9 Å². The topological polar surface area (TPSA) is 0 Å². The molecule has 0 amide bonds. The number of rotatable bonds is 0. The Morgan fingerprint density at radius 3 is 0.889 bits per heavy atom. The second-order valence-electron chi connectivity index (χ2n) is 5.79. The standard InChI is InChI=1S/3C7H9P.2ClH.Co/c3*1-6-3-2-4-7(8)5-6;;;/h3*2-5H,8H2,1H3;2*1H;/q;;;;;+2/p-2. The Hall–Kier alpha value is 0.0365. The molecule has 149 valence electrons. The monoisotopic (exact) mass is 501 g/mol. The van der Waals surface area contributed by atoms with Crippen molar-refractivity contribution in [3.8, 4) is 0 Å². The van der Waals surface area contributed by atoms with Gasteiger partial charge in [-0.25, -0.2) is 0 Å². The van der Waals surface area contributed by atoms with Crippen LogP contribution in [0.1, 0.15) is 16.7 Å². The second kappa shape index (κ2) is 16.9. The van der Waals surface area contributed by atoms with Gasteiger partial charge in [0.05, 0.1) is 0 Å². The molecule has 3 aromatic carbocycles. The van der Waals surface area contributed by atoms with Crippen LogP contribution in [0.4, 0.5) is 0 Å². The number of aryl methyl sites for hydroxylation is 3. The predicted octanol–water partition coefficient (Wildman–Crippen LogP) is 5.86. The quantitative estimate of drug-likeness (QED) is 0.338. The molecule has 0 aliphatic heterocycles. The molecule has 3 atom stereocenters. The number of benzene rings is 3. The first kappa shape index (κ1) is 27.0. The van der Waals surface area contributed by atoms with Crippen molar-refractivity contribution in [3.63, 3.8) is 0 Å². The van der Waals surface area contributed by atoms with E-state index in [2.05, 4.69) is 121 Å². The van der Waals surface area contributed by atoms with Gasteiger partial charge in [-0.15, -0.1) is 27.7 Å². The van der Waals surface area contributed by atoms with Gasteiger partial charge in [-0.1, -0.05) is 89.5 Å². The molecule has 0 saturated heterocycles. The summed E-state index contributed by atoms with van der Waals surface area (Å²) in [7, 11) is 17.5. The molecule has 6 heteroatoms. The van der Waals surface area contributed by atoms with Gasteiger partial charge in [-0.2, -0.15) is 0 Å². The van der Waals surface area contributed by atoms with Gasteiger partial charge in [-0.3, -0.25) is 0 Å². The third-order valence-corrected chi connectivity index (χ3v) is 4.20. The Morgan fingerprint density at radius 1 is 0.556 bits per heavy atom. The summed E-state index contributed by atoms with van der Waals surface area (Å²) in [5.41, 5.74) is 3.95. The van der Waals surface area contributed by atoms with Crippen LogP contribution in [0.3, 0.4) is 0 Å². The molecule has 0 spiro atoms. The first-order valence-electron chi connectivity index (χ1n) is 8.08. The van der Waals surface area contributed by atoms with E-state index in [4.69, 9.17) is 20.3 Å². The van der Waals surface area contributed by atoms with Crippen LogP contribution in [0.25, 0.3) is 0 Å². The van der Waals surface area contributed by atoms with Gasteiger partial charge >= 0.3 is 33.2 Å². The van der Waals surface area contributed by atoms with Gasteiger partial charge in [0.1, 0.15) is 0 Å². The molecular weight excluding hydrogens is 475 g/mol. The zero-order valence-electron chi connectivity index (χ0n) is 15.7. The number of halogens is 2. The zero-order valence-corrected chi connectivity index (χ0v) is 21.8. The van der Waals surface area contributed by atoms with Crippen molar-refractivity contribution in [2.45, 2.75) is 20.8 Å².